The molecule has 1 N–H and O–H groups in total. The number of anilines is 1. The Bertz CT molecular complexity index is 843. The molecule has 2 aromatic rings. The Morgan fingerprint density at radius 3 is 2.80 bits per heavy atom. The standard InChI is InChI=1S/C17H14BrClN2O4/c1-21(8-15(22)20-13-5-3-2-4-11(13)18)17(23)10-6-12(19)16-14(7-10)24-9-25-16/h2-7H,8-9H2,1H3,(H,20,22). The maximum Gasteiger partial charge on any atom is 0.254 e. The van der Waals surface area contributed by atoms with Gasteiger partial charge in [-0.05, 0) is 40.2 Å². The van der Waals surface area contributed by atoms with Gasteiger partial charge >= 0.3 is 0 Å². The molecule has 0 aromatic heterocycles. The second-order valence-electron chi connectivity index (χ2n) is 5.38. The lowest BCUT2D eigenvalue weighted by molar-refractivity contribution is -0.116. The number of amides is 2. The summed E-state index contributed by atoms with van der Waals surface area (Å²) in [4.78, 5) is 26.0. The molecular formula is C17H14BrClN2O4. The highest BCUT2D eigenvalue weighted by Gasteiger charge is 2.23. The number of ether oxygens (including phenoxy) is 2. The van der Waals surface area contributed by atoms with E-state index in [1.807, 2.05) is 18.2 Å². The van der Waals surface area contributed by atoms with Crippen LogP contribution in [-0.2, 0) is 4.79 Å². The Morgan fingerprint density at radius 2 is 2.04 bits per heavy atom. The van der Waals surface area contributed by atoms with Crippen molar-refractivity contribution in [2.24, 2.45) is 0 Å². The molecule has 1 heterocycles. The summed E-state index contributed by atoms with van der Waals surface area (Å²) in [7, 11) is 1.54. The fourth-order valence-corrected chi connectivity index (χ4v) is 3.00. The van der Waals surface area contributed by atoms with Crippen LogP contribution in [0.5, 0.6) is 11.5 Å². The summed E-state index contributed by atoms with van der Waals surface area (Å²) >= 11 is 9.45. The number of hydrogen-bond acceptors (Lipinski definition) is 4. The molecule has 0 saturated heterocycles. The number of fused-ring (bicyclic) bond motifs is 1. The van der Waals surface area contributed by atoms with Gasteiger partial charge in [0.2, 0.25) is 12.7 Å². The van der Waals surface area contributed by atoms with Crippen LogP contribution >= 0.6 is 27.5 Å². The third kappa shape index (κ3) is 3.88. The zero-order chi connectivity index (χ0) is 18.0. The van der Waals surface area contributed by atoms with Crippen LogP contribution in [0.2, 0.25) is 5.02 Å². The summed E-state index contributed by atoms with van der Waals surface area (Å²) in [6.07, 6.45) is 0. The van der Waals surface area contributed by atoms with Gasteiger partial charge in [-0.3, -0.25) is 9.59 Å². The van der Waals surface area contributed by atoms with Crippen LogP contribution in [-0.4, -0.2) is 37.1 Å². The molecule has 6 nitrogen and oxygen atoms in total. The number of carbonyl (C=O) groups is 2. The fraction of sp³-hybridized carbons (Fsp3) is 0.176. The van der Waals surface area contributed by atoms with E-state index in [1.165, 1.54) is 11.0 Å². The molecule has 1 aliphatic rings. The summed E-state index contributed by atoms with van der Waals surface area (Å²) in [5.74, 6) is 0.187. The van der Waals surface area contributed by atoms with Gasteiger partial charge in [0, 0.05) is 17.1 Å². The molecule has 8 heteroatoms. The Labute approximate surface area is 157 Å². The van der Waals surface area contributed by atoms with Crippen LogP contribution < -0.4 is 14.8 Å². The molecule has 130 valence electrons. The first-order valence-electron chi connectivity index (χ1n) is 7.34. The summed E-state index contributed by atoms with van der Waals surface area (Å²) in [6, 6.07) is 10.3. The molecular weight excluding hydrogens is 412 g/mol. The van der Waals surface area contributed by atoms with Gasteiger partial charge in [0.15, 0.2) is 11.5 Å². The van der Waals surface area contributed by atoms with Crippen molar-refractivity contribution in [1.82, 2.24) is 4.90 Å². The molecule has 0 radical (unpaired) electrons. The van der Waals surface area contributed by atoms with Crippen LogP contribution in [0.25, 0.3) is 0 Å². The first-order valence-corrected chi connectivity index (χ1v) is 8.52. The fourth-order valence-electron chi connectivity index (χ4n) is 2.35. The lowest BCUT2D eigenvalue weighted by Crippen LogP contribution is -2.35. The lowest BCUT2D eigenvalue weighted by Gasteiger charge is -2.17. The molecule has 0 unspecified atom stereocenters. The number of halogens is 2. The zero-order valence-electron chi connectivity index (χ0n) is 13.2. The number of benzene rings is 2. The highest BCUT2D eigenvalue weighted by Crippen LogP contribution is 2.39. The maximum atomic E-state index is 12.5. The van der Waals surface area contributed by atoms with Gasteiger partial charge in [0.1, 0.15) is 0 Å². The van der Waals surface area contributed by atoms with E-state index in [9.17, 15) is 9.59 Å². The Kier molecular flexibility index (Phi) is 5.15. The molecule has 0 spiro atoms. The molecule has 0 fully saturated rings. The van der Waals surface area contributed by atoms with Gasteiger partial charge in [-0.2, -0.15) is 0 Å². The average molecular weight is 426 g/mol. The number of carbonyl (C=O) groups excluding carboxylic acids is 2. The lowest BCUT2D eigenvalue weighted by atomic mass is 10.1. The first-order chi connectivity index (χ1) is 12.0. The van der Waals surface area contributed by atoms with E-state index >= 15 is 0 Å². The first kappa shape index (κ1) is 17.6. The van der Waals surface area contributed by atoms with Crippen LogP contribution in [0.3, 0.4) is 0 Å². The van der Waals surface area contributed by atoms with Gasteiger partial charge in [0.05, 0.1) is 17.3 Å². The molecule has 2 aromatic carbocycles. The molecule has 2 amide bonds. The quantitative estimate of drug-likeness (QED) is 0.813. The van der Waals surface area contributed by atoms with Crippen LogP contribution in [0, 0.1) is 0 Å². The van der Waals surface area contributed by atoms with Crippen molar-refractivity contribution >= 4 is 45.0 Å². The molecule has 0 bridgehead atoms. The number of rotatable bonds is 4. The van der Waals surface area contributed by atoms with Gasteiger partial charge in [-0.25, -0.2) is 0 Å². The summed E-state index contributed by atoms with van der Waals surface area (Å²) in [5, 5.41) is 3.05. The van der Waals surface area contributed by atoms with E-state index in [0.29, 0.717) is 27.8 Å². The van der Waals surface area contributed by atoms with Gasteiger partial charge in [-0.15, -0.1) is 0 Å². The van der Waals surface area contributed by atoms with Crippen molar-refractivity contribution in [3.8, 4) is 11.5 Å². The second kappa shape index (κ2) is 7.33. The third-order valence-corrected chi connectivity index (χ3v) is 4.52. The maximum absolute atomic E-state index is 12.5. The van der Waals surface area contributed by atoms with Crippen molar-refractivity contribution in [2.45, 2.75) is 0 Å². The topological polar surface area (TPSA) is 67.9 Å². The minimum atomic E-state index is -0.345. The summed E-state index contributed by atoms with van der Waals surface area (Å²) < 4.78 is 11.2. The van der Waals surface area contributed by atoms with E-state index in [2.05, 4.69) is 21.2 Å². The molecule has 0 aliphatic carbocycles. The van der Waals surface area contributed by atoms with Gasteiger partial charge in [-0.1, -0.05) is 23.7 Å². The highest BCUT2D eigenvalue weighted by atomic mass is 79.9. The Morgan fingerprint density at radius 1 is 1.28 bits per heavy atom. The number of hydrogen-bond donors (Lipinski definition) is 1. The van der Waals surface area contributed by atoms with Gasteiger partial charge in [0.25, 0.3) is 5.91 Å². The Hall–Kier alpha value is -2.25. The monoisotopic (exact) mass is 424 g/mol. The highest BCUT2D eigenvalue weighted by molar-refractivity contribution is 9.10. The average Bonchev–Trinajstić information content (AvgIpc) is 3.05. The second-order valence-corrected chi connectivity index (χ2v) is 6.64. The van der Waals surface area contributed by atoms with E-state index in [0.717, 1.165) is 4.47 Å². The normalized spacial score (nSPS) is 12.0. The Balaban J connectivity index is 1.68. The van der Waals surface area contributed by atoms with Crippen molar-refractivity contribution in [1.29, 1.82) is 0 Å². The largest absolute Gasteiger partial charge is 0.454 e. The third-order valence-electron chi connectivity index (χ3n) is 3.55. The van der Waals surface area contributed by atoms with E-state index in [-0.39, 0.29) is 25.2 Å². The number of likely N-dealkylation sites (N-methyl/N-ethyl adjacent to an activating group) is 1. The molecule has 0 saturated carbocycles. The van der Waals surface area contributed by atoms with Crippen molar-refractivity contribution < 1.29 is 19.1 Å². The minimum Gasteiger partial charge on any atom is -0.454 e. The predicted octanol–water partition coefficient (Wildman–Crippen LogP) is 3.54. The van der Waals surface area contributed by atoms with Crippen molar-refractivity contribution in [2.75, 3.05) is 25.7 Å². The summed E-state index contributed by atoms with van der Waals surface area (Å²) in [5.41, 5.74) is 0.963. The van der Waals surface area contributed by atoms with Crippen molar-refractivity contribution in [3.05, 3.63) is 51.5 Å². The number of para-hydroxylation sites is 1. The smallest absolute Gasteiger partial charge is 0.254 e. The van der Waals surface area contributed by atoms with E-state index in [4.69, 9.17) is 21.1 Å². The van der Waals surface area contributed by atoms with E-state index < -0.39 is 0 Å². The number of nitrogens with one attached hydrogen (secondary N) is 1. The van der Waals surface area contributed by atoms with Gasteiger partial charge < -0.3 is 19.7 Å². The SMILES string of the molecule is CN(CC(=O)Nc1ccccc1Br)C(=O)c1cc(Cl)c2c(c1)OCO2. The van der Waals surface area contributed by atoms with Crippen LogP contribution in [0.1, 0.15) is 10.4 Å². The van der Waals surface area contributed by atoms with Crippen molar-refractivity contribution in [3.63, 3.8) is 0 Å². The molecule has 25 heavy (non-hydrogen) atoms. The zero-order valence-corrected chi connectivity index (χ0v) is 15.6. The van der Waals surface area contributed by atoms with Crippen LogP contribution in [0.15, 0.2) is 40.9 Å². The minimum absolute atomic E-state index is 0.0664. The van der Waals surface area contributed by atoms with Crippen LogP contribution in [0.4, 0.5) is 5.69 Å². The van der Waals surface area contributed by atoms with E-state index in [1.54, 1.807) is 19.2 Å². The molecule has 3 rings (SSSR count). The molecule has 1 aliphatic heterocycles. The molecule has 0 atom stereocenters. The number of nitrogens with zero attached hydrogens (tertiary/aromatic N) is 1. The summed E-state index contributed by atoms with van der Waals surface area (Å²) in [6.45, 7) is -0.0386. The predicted molar refractivity (Wildman–Crippen MR) is 97.3 cm³/mol.